The van der Waals surface area contributed by atoms with Crippen molar-refractivity contribution in [2.45, 2.75) is 40.3 Å². The topological polar surface area (TPSA) is 46.9 Å². The predicted octanol–water partition coefficient (Wildman–Crippen LogP) is 2.52. The second kappa shape index (κ2) is 6.68. The van der Waals surface area contributed by atoms with Crippen LogP contribution in [-0.4, -0.2) is 16.3 Å². The molecule has 0 bridgehead atoms. The van der Waals surface area contributed by atoms with Crippen LogP contribution >= 0.6 is 0 Å². The smallest absolute Gasteiger partial charge is 0.267 e. The molecule has 1 atom stereocenters. The number of nitrogens with one attached hydrogen (secondary N) is 1. The van der Waals surface area contributed by atoms with E-state index in [1.54, 1.807) is 12.3 Å². The molecule has 4 nitrogen and oxygen atoms in total. The standard InChI is InChI=1S/C17H23N3O/c1-5-18-16(15-7-6-13(3)14(4)9-15)11-20-17(21)8-12(2)10-19-20/h6-10,16,18H,5,11H2,1-4H3. The average molecular weight is 285 g/mol. The maximum absolute atomic E-state index is 12.0. The van der Waals surface area contributed by atoms with E-state index in [0.717, 1.165) is 12.1 Å². The van der Waals surface area contributed by atoms with Crippen molar-refractivity contribution >= 4 is 0 Å². The van der Waals surface area contributed by atoms with Gasteiger partial charge in [-0.2, -0.15) is 5.10 Å². The van der Waals surface area contributed by atoms with Crippen molar-refractivity contribution in [2.24, 2.45) is 0 Å². The van der Waals surface area contributed by atoms with Gasteiger partial charge in [0.25, 0.3) is 5.56 Å². The SMILES string of the molecule is CCNC(Cn1ncc(C)cc1=O)c1ccc(C)c(C)c1. The summed E-state index contributed by atoms with van der Waals surface area (Å²) in [6.07, 6.45) is 1.73. The maximum atomic E-state index is 12.0. The second-order valence-corrected chi connectivity index (χ2v) is 5.51. The molecule has 2 aromatic rings. The molecule has 0 aliphatic rings. The van der Waals surface area contributed by atoms with Gasteiger partial charge in [0.05, 0.1) is 18.8 Å². The van der Waals surface area contributed by atoms with Gasteiger partial charge in [-0.05, 0) is 49.6 Å². The van der Waals surface area contributed by atoms with Crippen LogP contribution in [0.3, 0.4) is 0 Å². The van der Waals surface area contributed by atoms with Crippen molar-refractivity contribution in [3.63, 3.8) is 0 Å². The van der Waals surface area contributed by atoms with E-state index in [-0.39, 0.29) is 11.6 Å². The molecule has 112 valence electrons. The lowest BCUT2D eigenvalue weighted by molar-refractivity contribution is 0.433. The third-order valence-electron chi connectivity index (χ3n) is 3.75. The number of aromatic nitrogens is 2. The molecule has 0 aliphatic carbocycles. The number of nitrogens with zero attached hydrogens (tertiary/aromatic N) is 2. The van der Waals surface area contributed by atoms with Gasteiger partial charge in [-0.25, -0.2) is 4.68 Å². The fourth-order valence-electron chi connectivity index (χ4n) is 2.35. The van der Waals surface area contributed by atoms with E-state index in [4.69, 9.17) is 0 Å². The average Bonchev–Trinajstić information content (AvgIpc) is 2.44. The summed E-state index contributed by atoms with van der Waals surface area (Å²) >= 11 is 0. The molecule has 2 rings (SSSR count). The molecular formula is C17H23N3O. The third-order valence-corrected chi connectivity index (χ3v) is 3.75. The van der Waals surface area contributed by atoms with E-state index >= 15 is 0 Å². The Balaban J connectivity index is 2.30. The molecule has 1 aromatic heterocycles. The first-order chi connectivity index (χ1) is 10.0. The molecule has 1 unspecified atom stereocenters. The van der Waals surface area contributed by atoms with E-state index in [1.807, 2.05) is 6.92 Å². The first-order valence-corrected chi connectivity index (χ1v) is 7.35. The minimum atomic E-state index is -0.0539. The van der Waals surface area contributed by atoms with Gasteiger partial charge in [-0.3, -0.25) is 4.79 Å². The van der Waals surface area contributed by atoms with Gasteiger partial charge in [-0.1, -0.05) is 25.1 Å². The zero-order chi connectivity index (χ0) is 15.4. The second-order valence-electron chi connectivity index (χ2n) is 5.51. The summed E-state index contributed by atoms with van der Waals surface area (Å²) in [6, 6.07) is 8.13. The number of rotatable bonds is 5. The minimum absolute atomic E-state index is 0.0539. The molecule has 4 heteroatoms. The van der Waals surface area contributed by atoms with E-state index in [0.29, 0.717) is 6.54 Å². The highest BCUT2D eigenvalue weighted by atomic mass is 16.1. The first-order valence-electron chi connectivity index (χ1n) is 7.35. The zero-order valence-electron chi connectivity index (χ0n) is 13.2. The summed E-state index contributed by atoms with van der Waals surface area (Å²) in [6.45, 7) is 9.54. The Kier molecular flexibility index (Phi) is 4.91. The lowest BCUT2D eigenvalue weighted by atomic mass is 10.0. The Labute approximate surface area is 125 Å². The van der Waals surface area contributed by atoms with Crippen LogP contribution in [0.25, 0.3) is 0 Å². The maximum Gasteiger partial charge on any atom is 0.267 e. The zero-order valence-corrected chi connectivity index (χ0v) is 13.2. The number of benzene rings is 1. The molecule has 1 aromatic carbocycles. The predicted molar refractivity (Wildman–Crippen MR) is 85.6 cm³/mol. The molecule has 0 amide bonds. The summed E-state index contributed by atoms with van der Waals surface area (Å²) in [5.41, 5.74) is 4.57. The molecule has 0 radical (unpaired) electrons. The summed E-state index contributed by atoms with van der Waals surface area (Å²) in [5, 5.41) is 7.67. The van der Waals surface area contributed by atoms with Crippen LogP contribution in [0.4, 0.5) is 0 Å². The Morgan fingerprint density at radius 1 is 1.19 bits per heavy atom. The van der Waals surface area contributed by atoms with Gasteiger partial charge >= 0.3 is 0 Å². The molecule has 1 N–H and O–H groups in total. The lowest BCUT2D eigenvalue weighted by Gasteiger charge is -2.20. The first kappa shape index (κ1) is 15.4. The van der Waals surface area contributed by atoms with Crippen LogP contribution in [0.2, 0.25) is 0 Å². The van der Waals surface area contributed by atoms with E-state index in [9.17, 15) is 4.79 Å². The van der Waals surface area contributed by atoms with Crippen molar-refractivity contribution in [2.75, 3.05) is 6.54 Å². The van der Waals surface area contributed by atoms with Crippen molar-refractivity contribution in [3.8, 4) is 0 Å². The van der Waals surface area contributed by atoms with Gasteiger partial charge in [0.1, 0.15) is 0 Å². The van der Waals surface area contributed by atoms with Gasteiger partial charge in [0.15, 0.2) is 0 Å². The van der Waals surface area contributed by atoms with Gasteiger partial charge in [0.2, 0.25) is 0 Å². The molecule has 0 spiro atoms. The highest BCUT2D eigenvalue weighted by Crippen LogP contribution is 2.18. The van der Waals surface area contributed by atoms with Crippen LogP contribution in [-0.2, 0) is 6.54 Å². The van der Waals surface area contributed by atoms with Gasteiger partial charge in [-0.15, -0.1) is 0 Å². The van der Waals surface area contributed by atoms with Crippen LogP contribution in [0, 0.1) is 20.8 Å². The normalized spacial score (nSPS) is 12.4. The molecule has 1 heterocycles. The largest absolute Gasteiger partial charge is 0.309 e. The summed E-state index contributed by atoms with van der Waals surface area (Å²) in [7, 11) is 0. The Morgan fingerprint density at radius 2 is 1.95 bits per heavy atom. The highest BCUT2D eigenvalue weighted by Gasteiger charge is 2.13. The number of hydrogen-bond donors (Lipinski definition) is 1. The van der Waals surface area contributed by atoms with E-state index in [2.05, 4.69) is 49.4 Å². The minimum Gasteiger partial charge on any atom is -0.309 e. The fourth-order valence-corrected chi connectivity index (χ4v) is 2.35. The summed E-state index contributed by atoms with van der Waals surface area (Å²) < 4.78 is 1.52. The highest BCUT2D eigenvalue weighted by molar-refractivity contribution is 5.31. The van der Waals surface area contributed by atoms with Crippen LogP contribution < -0.4 is 10.9 Å². The van der Waals surface area contributed by atoms with Crippen molar-refractivity contribution in [1.29, 1.82) is 0 Å². The number of hydrogen-bond acceptors (Lipinski definition) is 3. The number of likely N-dealkylation sites (N-methyl/N-ethyl adjacent to an activating group) is 1. The van der Waals surface area contributed by atoms with Crippen LogP contribution in [0.5, 0.6) is 0 Å². The van der Waals surface area contributed by atoms with Crippen LogP contribution in [0.1, 0.15) is 35.2 Å². The molecule has 21 heavy (non-hydrogen) atoms. The van der Waals surface area contributed by atoms with Crippen LogP contribution in [0.15, 0.2) is 35.3 Å². The number of aryl methyl sites for hydroxylation is 3. The summed E-state index contributed by atoms with van der Waals surface area (Å²) in [4.78, 5) is 12.0. The van der Waals surface area contributed by atoms with Crippen molar-refractivity contribution in [1.82, 2.24) is 15.1 Å². The fraction of sp³-hybridized carbons (Fsp3) is 0.412. The Morgan fingerprint density at radius 3 is 2.57 bits per heavy atom. The van der Waals surface area contributed by atoms with Crippen molar-refractivity contribution < 1.29 is 0 Å². The molecule has 0 aliphatic heterocycles. The molecule has 0 saturated carbocycles. The van der Waals surface area contributed by atoms with Crippen molar-refractivity contribution in [3.05, 3.63) is 63.1 Å². The third kappa shape index (κ3) is 3.79. The molecular weight excluding hydrogens is 262 g/mol. The monoisotopic (exact) mass is 285 g/mol. The molecule has 0 saturated heterocycles. The lowest BCUT2D eigenvalue weighted by Crippen LogP contribution is -2.31. The molecule has 0 fully saturated rings. The summed E-state index contributed by atoms with van der Waals surface area (Å²) in [5.74, 6) is 0. The van der Waals surface area contributed by atoms with E-state index in [1.165, 1.54) is 21.4 Å². The van der Waals surface area contributed by atoms with E-state index < -0.39 is 0 Å². The Bertz CT molecular complexity index is 676. The Hall–Kier alpha value is -1.94. The van der Waals surface area contributed by atoms with Gasteiger partial charge < -0.3 is 5.32 Å². The van der Waals surface area contributed by atoms with Gasteiger partial charge in [0, 0.05) is 6.07 Å². The quantitative estimate of drug-likeness (QED) is 0.918.